The van der Waals surface area contributed by atoms with E-state index in [0.29, 0.717) is 24.5 Å². The van der Waals surface area contributed by atoms with Gasteiger partial charge in [0.2, 0.25) is 5.89 Å². The highest BCUT2D eigenvalue weighted by molar-refractivity contribution is 5.31. The zero-order valence-electron chi connectivity index (χ0n) is 8.94. The molecule has 2 aliphatic rings. The molecule has 2 atom stereocenters. The largest absolute Gasteiger partial charge is 0.407 e. The summed E-state index contributed by atoms with van der Waals surface area (Å²) >= 11 is 0. The molecule has 2 heterocycles. The molecule has 1 aliphatic carbocycles. The van der Waals surface area contributed by atoms with Gasteiger partial charge in [0, 0.05) is 12.6 Å². The quantitative estimate of drug-likeness (QED) is 0.795. The summed E-state index contributed by atoms with van der Waals surface area (Å²) in [5.41, 5.74) is 0. The summed E-state index contributed by atoms with van der Waals surface area (Å²) in [5.74, 6) is 1.53. The van der Waals surface area contributed by atoms with Crippen LogP contribution in [0.1, 0.15) is 25.2 Å². The molecule has 5 heteroatoms. The molecule has 1 N–H and O–H groups in total. The van der Waals surface area contributed by atoms with Crippen molar-refractivity contribution in [2.24, 2.45) is 5.92 Å². The van der Waals surface area contributed by atoms with Crippen molar-refractivity contribution in [3.63, 3.8) is 0 Å². The molecule has 0 spiro atoms. The van der Waals surface area contributed by atoms with E-state index < -0.39 is 0 Å². The molecular weight excluding hydrogens is 192 g/mol. The molecule has 2 unspecified atom stereocenters. The predicted molar refractivity (Wildman–Crippen MR) is 55.5 cm³/mol. The summed E-state index contributed by atoms with van der Waals surface area (Å²) in [6, 6.07) is 1.37. The SMILES string of the molecule is CNCc1nnc(N2CC3CCC2C3)o1. The maximum absolute atomic E-state index is 5.60. The highest BCUT2D eigenvalue weighted by Crippen LogP contribution is 2.39. The highest BCUT2D eigenvalue weighted by Gasteiger charge is 2.39. The Morgan fingerprint density at radius 1 is 1.47 bits per heavy atom. The smallest absolute Gasteiger partial charge is 0.318 e. The van der Waals surface area contributed by atoms with Crippen molar-refractivity contribution < 1.29 is 4.42 Å². The molecule has 82 valence electrons. The Bertz CT molecular complexity index is 351. The molecule has 0 amide bonds. The van der Waals surface area contributed by atoms with Gasteiger partial charge in [0.1, 0.15) is 0 Å². The maximum Gasteiger partial charge on any atom is 0.318 e. The van der Waals surface area contributed by atoms with Crippen molar-refractivity contribution in [1.29, 1.82) is 0 Å². The molecule has 1 saturated carbocycles. The van der Waals surface area contributed by atoms with E-state index in [0.717, 1.165) is 12.5 Å². The van der Waals surface area contributed by atoms with Crippen LogP contribution >= 0.6 is 0 Å². The predicted octanol–water partition coefficient (Wildman–Crippen LogP) is 0.778. The van der Waals surface area contributed by atoms with Gasteiger partial charge in [-0.1, -0.05) is 5.10 Å². The van der Waals surface area contributed by atoms with Gasteiger partial charge in [-0.25, -0.2) is 0 Å². The van der Waals surface area contributed by atoms with Crippen LogP contribution in [-0.2, 0) is 6.54 Å². The van der Waals surface area contributed by atoms with Gasteiger partial charge in [-0.3, -0.25) is 0 Å². The molecule has 0 aromatic carbocycles. The number of piperidine rings is 1. The molecule has 15 heavy (non-hydrogen) atoms. The minimum atomic E-state index is 0.648. The van der Waals surface area contributed by atoms with E-state index in [4.69, 9.17) is 4.42 Å². The van der Waals surface area contributed by atoms with E-state index >= 15 is 0 Å². The van der Waals surface area contributed by atoms with Crippen molar-refractivity contribution in [2.75, 3.05) is 18.5 Å². The normalized spacial score (nSPS) is 29.0. The molecule has 5 nitrogen and oxygen atoms in total. The Morgan fingerprint density at radius 3 is 3.07 bits per heavy atom. The van der Waals surface area contributed by atoms with Crippen LogP contribution in [0.25, 0.3) is 0 Å². The molecule has 1 aliphatic heterocycles. The van der Waals surface area contributed by atoms with Crippen LogP contribution in [0, 0.1) is 5.92 Å². The van der Waals surface area contributed by atoms with E-state index in [1.54, 1.807) is 0 Å². The Kier molecular flexibility index (Phi) is 2.12. The summed E-state index contributed by atoms with van der Waals surface area (Å²) in [5, 5.41) is 11.1. The van der Waals surface area contributed by atoms with Gasteiger partial charge in [-0.2, -0.15) is 0 Å². The lowest BCUT2D eigenvalue weighted by Gasteiger charge is -2.24. The first-order valence-corrected chi connectivity index (χ1v) is 5.60. The fraction of sp³-hybridized carbons (Fsp3) is 0.800. The second kappa shape index (κ2) is 3.48. The summed E-state index contributed by atoms with van der Waals surface area (Å²) in [7, 11) is 1.88. The Hall–Kier alpha value is -1.10. The summed E-state index contributed by atoms with van der Waals surface area (Å²) in [4.78, 5) is 2.28. The lowest BCUT2D eigenvalue weighted by Crippen LogP contribution is -2.32. The van der Waals surface area contributed by atoms with Crippen molar-refractivity contribution in [2.45, 2.75) is 31.8 Å². The number of hydrogen-bond donors (Lipinski definition) is 1. The van der Waals surface area contributed by atoms with Gasteiger partial charge >= 0.3 is 6.01 Å². The number of nitrogens with one attached hydrogen (secondary N) is 1. The van der Waals surface area contributed by atoms with E-state index in [-0.39, 0.29) is 0 Å². The number of nitrogens with zero attached hydrogens (tertiary/aromatic N) is 3. The fourth-order valence-corrected chi connectivity index (χ4v) is 2.74. The maximum atomic E-state index is 5.60. The lowest BCUT2D eigenvalue weighted by atomic mass is 10.1. The van der Waals surface area contributed by atoms with Gasteiger partial charge in [-0.15, -0.1) is 5.10 Å². The number of hydrogen-bond acceptors (Lipinski definition) is 5. The molecule has 1 aromatic rings. The first kappa shape index (κ1) is 9.15. The van der Waals surface area contributed by atoms with Crippen LogP contribution in [0.2, 0.25) is 0 Å². The van der Waals surface area contributed by atoms with Gasteiger partial charge < -0.3 is 14.6 Å². The molecule has 2 bridgehead atoms. The number of anilines is 1. The van der Waals surface area contributed by atoms with Gasteiger partial charge in [0.25, 0.3) is 0 Å². The van der Waals surface area contributed by atoms with Crippen LogP contribution in [-0.4, -0.2) is 29.8 Å². The third-order valence-corrected chi connectivity index (χ3v) is 3.44. The molecular formula is C10H16N4O. The van der Waals surface area contributed by atoms with Crippen molar-refractivity contribution in [3.8, 4) is 0 Å². The second-order valence-electron chi connectivity index (χ2n) is 4.49. The summed E-state index contributed by atoms with van der Waals surface area (Å²) < 4.78 is 5.60. The van der Waals surface area contributed by atoms with Crippen LogP contribution in [0.4, 0.5) is 6.01 Å². The average Bonchev–Trinajstić information content (AvgIpc) is 2.91. The molecule has 1 aromatic heterocycles. The van der Waals surface area contributed by atoms with E-state index in [9.17, 15) is 0 Å². The highest BCUT2D eigenvalue weighted by atomic mass is 16.4. The summed E-state index contributed by atoms with van der Waals surface area (Å²) in [6.45, 7) is 1.75. The minimum Gasteiger partial charge on any atom is -0.407 e. The topological polar surface area (TPSA) is 54.2 Å². The number of rotatable bonds is 3. The summed E-state index contributed by atoms with van der Waals surface area (Å²) in [6.07, 6.45) is 3.97. The molecule has 1 saturated heterocycles. The number of aromatic nitrogens is 2. The van der Waals surface area contributed by atoms with Crippen molar-refractivity contribution in [1.82, 2.24) is 15.5 Å². The molecule has 2 fully saturated rings. The van der Waals surface area contributed by atoms with Gasteiger partial charge in [-0.05, 0) is 32.2 Å². The minimum absolute atomic E-state index is 0.648. The van der Waals surface area contributed by atoms with Crippen LogP contribution in [0.5, 0.6) is 0 Å². The van der Waals surface area contributed by atoms with E-state index in [2.05, 4.69) is 20.4 Å². The van der Waals surface area contributed by atoms with E-state index in [1.165, 1.54) is 19.3 Å². The van der Waals surface area contributed by atoms with Crippen LogP contribution in [0.3, 0.4) is 0 Å². The van der Waals surface area contributed by atoms with Crippen LogP contribution in [0.15, 0.2) is 4.42 Å². The van der Waals surface area contributed by atoms with Crippen molar-refractivity contribution >= 4 is 6.01 Å². The monoisotopic (exact) mass is 208 g/mol. The van der Waals surface area contributed by atoms with Gasteiger partial charge in [0.05, 0.1) is 6.54 Å². The zero-order valence-corrected chi connectivity index (χ0v) is 8.94. The first-order valence-electron chi connectivity index (χ1n) is 5.60. The number of fused-ring (bicyclic) bond motifs is 2. The standard InChI is InChI=1S/C10H16N4O/c1-11-5-9-12-13-10(15-9)14-6-7-2-3-8(14)4-7/h7-8,11H,2-6H2,1H3. The van der Waals surface area contributed by atoms with Crippen LogP contribution < -0.4 is 10.2 Å². The van der Waals surface area contributed by atoms with E-state index in [1.807, 2.05) is 7.05 Å². The van der Waals surface area contributed by atoms with Crippen molar-refractivity contribution in [3.05, 3.63) is 5.89 Å². The molecule has 0 radical (unpaired) electrons. The average molecular weight is 208 g/mol. The Balaban J connectivity index is 1.75. The first-order chi connectivity index (χ1) is 7.36. The zero-order chi connectivity index (χ0) is 10.3. The lowest BCUT2D eigenvalue weighted by molar-refractivity contribution is 0.449. The molecule has 3 rings (SSSR count). The van der Waals surface area contributed by atoms with Gasteiger partial charge in [0.15, 0.2) is 0 Å². The third kappa shape index (κ3) is 1.51. The Morgan fingerprint density at radius 2 is 2.40 bits per heavy atom. The second-order valence-corrected chi connectivity index (χ2v) is 4.49. The fourth-order valence-electron chi connectivity index (χ4n) is 2.74. The Labute approximate surface area is 88.9 Å². The third-order valence-electron chi connectivity index (χ3n) is 3.44.